The molecule has 0 aliphatic carbocycles. The molecular weight excluding hydrogens is 522 g/mol. The summed E-state index contributed by atoms with van der Waals surface area (Å²) in [4.78, 5) is 29.7. The van der Waals surface area contributed by atoms with Gasteiger partial charge in [0, 0.05) is 49.3 Å². The third-order valence-corrected chi connectivity index (χ3v) is 6.70. The van der Waals surface area contributed by atoms with E-state index in [1.165, 1.54) is 17.0 Å². The van der Waals surface area contributed by atoms with Crippen molar-refractivity contribution in [3.63, 3.8) is 0 Å². The summed E-state index contributed by atoms with van der Waals surface area (Å²) in [5.74, 6) is -2.03. The highest BCUT2D eigenvalue weighted by Gasteiger charge is 2.48. The van der Waals surface area contributed by atoms with Gasteiger partial charge in [0.1, 0.15) is 11.9 Å². The van der Waals surface area contributed by atoms with E-state index in [0.29, 0.717) is 42.8 Å². The SMILES string of the molecule is O=C(Oc1ccc(Cl)cc1)N1C[C@H](OC(=O)C(F)(F)F)[C@@H](N2CCN(Cc3ccc(Cl)cc3)CC2)C1. The second-order valence-corrected chi connectivity index (χ2v) is 9.55. The van der Waals surface area contributed by atoms with Crippen LogP contribution in [0, 0.1) is 0 Å². The van der Waals surface area contributed by atoms with Crippen LogP contribution in [0.2, 0.25) is 10.0 Å². The van der Waals surface area contributed by atoms with Gasteiger partial charge in [0.2, 0.25) is 0 Å². The number of hydrogen-bond donors (Lipinski definition) is 0. The van der Waals surface area contributed by atoms with E-state index >= 15 is 0 Å². The molecule has 0 radical (unpaired) electrons. The molecule has 1 amide bonds. The summed E-state index contributed by atoms with van der Waals surface area (Å²) >= 11 is 11.8. The van der Waals surface area contributed by atoms with Crippen LogP contribution in [0.5, 0.6) is 5.75 Å². The van der Waals surface area contributed by atoms with Gasteiger partial charge in [-0.1, -0.05) is 35.3 Å². The highest BCUT2D eigenvalue weighted by Crippen LogP contribution is 2.26. The first-order chi connectivity index (χ1) is 17.1. The number of nitrogens with zero attached hydrogens (tertiary/aromatic N) is 3. The lowest BCUT2D eigenvalue weighted by atomic mass is 10.1. The molecule has 4 rings (SSSR count). The molecule has 0 saturated carbocycles. The molecule has 0 aromatic heterocycles. The lowest BCUT2D eigenvalue weighted by molar-refractivity contribution is -0.206. The topological polar surface area (TPSA) is 62.3 Å². The summed E-state index contributed by atoms with van der Waals surface area (Å²) in [6.45, 7) is 2.98. The summed E-state index contributed by atoms with van der Waals surface area (Å²) in [6.07, 6.45) is -7.01. The van der Waals surface area contributed by atoms with Gasteiger partial charge in [-0.25, -0.2) is 9.59 Å². The fraction of sp³-hybridized carbons (Fsp3) is 0.417. The van der Waals surface area contributed by atoms with E-state index in [1.54, 1.807) is 12.1 Å². The molecule has 36 heavy (non-hydrogen) atoms. The van der Waals surface area contributed by atoms with Gasteiger partial charge in [-0.15, -0.1) is 0 Å². The summed E-state index contributed by atoms with van der Waals surface area (Å²) in [5, 5.41) is 1.12. The van der Waals surface area contributed by atoms with Crippen LogP contribution < -0.4 is 4.74 Å². The molecule has 0 unspecified atom stereocenters. The average Bonchev–Trinajstić information content (AvgIpc) is 3.26. The molecule has 0 N–H and O–H groups in total. The molecule has 2 aromatic rings. The number of amides is 1. The molecule has 2 aliphatic heterocycles. The Morgan fingerprint density at radius 1 is 0.889 bits per heavy atom. The lowest BCUT2D eigenvalue weighted by Crippen LogP contribution is -2.54. The Labute approximate surface area is 216 Å². The predicted octanol–water partition coefficient (Wildman–Crippen LogP) is 4.47. The van der Waals surface area contributed by atoms with Gasteiger partial charge in [-0.3, -0.25) is 9.80 Å². The smallest absolute Gasteiger partial charge is 0.452 e. The number of halogens is 5. The maximum absolute atomic E-state index is 12.9. The second-order valence-electron chi connectivity index (χ2n) is 8.67. The van der Waals surface area contributed by atoms with Crippen molar-refractivity contribution in [3.8, 4) is 5.75 Å². The summed E-state index contributed by atoms with van der Waals surface area (Å²) in [6, 6.07) is 13.1. The zero-order chi connectivity index (χ0) is 25.9. The van der Waals surface area contributed by atoms with E-state index in [2.05, 4.69) is 4.90 Å². The van der Waals surface area contributed by atoms with Crippen LogP contribution in [0.15, 0.2) is 48.5 Å². The molecule has 12 heteroatoms. The highest BCUT2D eigenvalue weighted by atomic mass is 35.5. The van der Waals surface area contributed by atoms with E-state index in [0.717, 1.165) is 5.56 Å². The Morgan fingerprint density at radius 3 is 2.06 bits per heavy atom. The molecule has 2 atom stereocenters. The number of benzene rings is 2. The Kier molecular flexibility index (Phi) is 8.29. The predicted molar refractivity (Wildman–Crippen MR) is 127 cm³/mol. The van der Waals surface area contributed by atoms with Gasteiger partial charge in [0.05, 0.1) is 12.6 Å². The zero-order valence-electron chi connectivity index (χ0n) is 19.1. The monoisotopic (exact) mass is 545 g/mol. The Hall–Kier alpha value is -2.53. The minimum absolute atomic E-state index is 0.0689. The summed E-state index contributed by atoms with van der Waals surface area (Å²) in [5.41, 5.74) is 1.10. The van der Waals surface area contributed by atoms with Crippen molar-refractivity contribution in [3.05, 3.63) is 64.1 Å². The Morgan fingerprint density at radius 2 is 1.47 bits per heavy atom. The molecule has 0 spiro atoms. The summed E-state index contributed by atoms with van der Waals surface area (Å²) in [7, 11) is 0. The highest BCUT2D eigenvalue weighted by molar-refractivity contribution is 6.30. The van der Waals surface area contributed by atoms with Gasteiger partial charge in [0.15, 0.2) is 0 Å². The zero-order valence-corrected chi connectivity index (χ0v) is 20.6. The number of likely N-dealkylation sites (tertiary alicyclic amines) is 1. The van der Waals surface area contributed by atoms with E-state index in [-0.39, 0.29) is 18.8 Å². The summed E-state index contributed by atoms with van der Waals surface area (Å²) < 4.78 is 48.9. The number of rotatable bonds is 5. The third kappa shape index (κ3) is 6.82. The molecule has 2 heterocycles. The molecule has 2 saturated heterocycles. The van der Waals surface area contributed by atoms with Crippen molar-refractivity contribution >= 4 is 35.3 Å². The van der Waals surface area contributed by atoms with E-state index in [1.807, 2.05) is 29.2 Å². The van der Waals surface area contributed by atoms with Gasteiger partial charge >= 0.3 is 18.2 Å². The van der Waals surface area contributed by atoms with Crippen LogP contribution >= 0.6 is 23.2 Å². The minimum atomic E-state index is -5.13. The van der Waals surface area contributed by atoms with Crippen molar-refractivity contribution in [2.24, 2.45) is 0 Å². The van der Waals surface area contributed by atoms with Crippen LogP contribution in [0.25, 0.3) is 0 Å². The number of piperazine rings is 1. The largest absolute Gasteiger partial charge is 0.490 e. The van der Waals surface area contributed by atoms with Crippen molar-refractivity contribution in [2.75, 3.05) is 39.3 Å². The van der Waals surface area contributed by atoms with Gasteiger partial charge < -0.3 is 14.4 Å². The minimum Gasteiger partial charge on any atom is -0.452 e. The average molecular weight is 546 g/mol. The number of esters is 1. The molecule has 2 fully saturated rings. The normalized spacial score (nSPS) is 21.4. The van der Waals surface area contributed by atoms with E-state index < -0.39 is 30.4 Å². The number of carbonyl (C=O) groups is 2. The molecule has 2 aliphatic rings. The van der Waals surface area contributed by atoms with Crippen molar-refractivity contribution < 1.29 is 32.2 Å². The van der Waals surface area contributed by atoms with Gasteiger partial charge in [-0.2, -0.15) is 13.2 Å². The quantitative estimate of drug-likeness (QED) is 0.516. The maximum Gasteiger partial charge on any atom is 0.490 e. The molecule has 194 valence electrons. The van der Waals surface area contributed by atoms with Crippen LogP contribution in [-0.4, -0.2) is 84.4 Å². The Balaban J connectivity index is 1.40. The van der Waals surface area contributed by atoms with Crippen LogP contribution in [0.1, 0.15) is 5.56 Å². The molecule has 2 aromatic carbocycles. The third-order valence-electron chi connectivity index (χ3n) is 6.20. The number of ether oxygens (including phenoxy) is 2. The number of hydrogen-bond acceptors (Lipinski definition) is 6. The van der Waals surface area contributed by atoms with Crippen molar-refractivity contribution in [1.29, 1.82) is 0 Å². The fourth-order valence-corrected chi connectivity index (χ4v) is 4.60. The van der Waals surface area contributed by atoms with Crippen molar-refractivity contribution in [1.82, 2.24) is 14.7 Å². The molecular formula is C24H24Cl2F3N3O4. The van der Waals surface area contributed by atoms with Gasteiger partial charge in [-0.05, 0) is 42.0 Å². The first kappa shape index (κ1) is 26.5. The van der Waals surface area contributed by atoms with Crippen LogP contribution in [0.3, 0.4) is 0 Å². The Bertz CT molecular complexity index is 1060. The van der Waals surface area contributed by atoms with Crippen LogP contribution in [0.4, 0.5) is 18.0 Å². The first-order valence-electron chi connectivity index (χ1n) is 11.3. The van der Waals surface area contributed by atoms with E-state index in [4.69, 9.17) is 32.7 Å². The first-order valence-corrected chi connectivity index (χ1v) is 12.0. The maximum atomic E-state index is 12.9. The molecule has 0 bridgehead atoms. The fourth-order valence-electron chi connectivity index (χ4n) is 4.35. The lowest BCUT2D eigenvalue weighted by Gasteiger charge is -2.39. The second kappa shape index (κ2) is 11.2. The molecule has 7 nitrogen and oxygen atoms in total. The number of alkyl halides is 3. The number of carbonyl (C=O) groups excluding carboxylic acids is 2. The van der Waals surface area contributed by atoms with Gasteiger partial charge in [0.25, 0.3) is 0 Å². The standard InChI is InChI=1S/C24H24Cl2F3N3O4/c25-17-3-1-16(2-4-17)13-30-9-11-31(12-10-30)20-14-32(15-21(20)36-22(33)24(27,28)29)23(34)35-19-7-5-18(26)6-8-19/h1-8,20-21H,9-15H2/t20-,21-/m0/s1. The van der Waals surface area contributed by atoms with Crippen molar-refractivity contribution in [2.45, 2.75) is 24.9 Å². The van der Waals surface area contributed by atoms with Crippen LogP contribution in [-0.2, 0) is 16.1 Å². The van der Waals surface area contributed by atoms with E-state index in [9.17, 15) is 22.8 Å².